The van der Waals surface area contributed by atoms with Gasteiger partial charge in [0.25, 0.3) is 11.8 Å². The number of hydrogen-bond acceptors (Lipinski definition) is 6. The molecular formula is C19H19ClN2O5S. The zero-order valence-corrected chi connectivity index (χ0v) is 16.6. The van der Waals surface area contributed by atoms with Gasteiger partial charge in [-0.1, -0.05) is 23.7 Å². The summed E-state index contributed by atoms with van der Waals surface area (Å²) >= 11 is 7.30. The Morgan fingerprint density at radius 3 is 2.43 bits per heavy atom. The summed E-state index contributed by atoms with van der Waals surface area (Å²) in [5.41, 5.74) is 0. The van der Waals surface area contributed by atoms with Gasteiger partial charge in [0.1, 0.15) is 0 Å². The van der Waals surface area contributed by atoms with Crippen LogP contribution < -0.4 is 0 Å². The lowest BCUT2D eigenvalue weighted by Gasteiger charge is -2.34. The van der Waals surface area contributed by atoms with Gasteiger partial charge in [-0.2, -0.15) is 0 Å². The summed E-state index contributed by atoms with van der Waals surface area (Å²) in [5.74, 6) is -0.599. The van der Waals surface area contributed by atoms with Crippen molar-refractivity contribution < 1.29 is 23.5 Å². The van der Waals surface area contributed by atoms with Crippen LogP contribution in [-0.2, 0) is 14.3 Å². The topological polar surface area (TPSA) is 80.1 Å². The molecule has 2 heterocycles. The van der Waals surface area contributed by atoms with Crippen LogP contribution in [0.4, 0.5) is 0 Å². The van der Waals surface area contributed by atoms with Crippen LogP contribution in [0.1, 0.15) is 10.6 Å². The number of furan rings is 1. The molecule has 0 unspecified atom stereocenters. The van der Waals surface area contributed by atoms with Gasteiger partial charge >= 0.3 is 5.97 Å². The van der Waals surface area contributed by atoms with Crippen molar-refractivity contribution in [1.82, 2.24) is 9.80 Å². The largest absolute Gasteiger partial charge is 0.459 e. The summed E-state index contributed by atoms with van der Waals surface area (Å²) in [5, 5.41) is 0.568. The molecule has 1 aliphatic rings. The maximum atomic E-state index is 12.2. The molecule has 0 saturated carbocycles. The molecule has 1 saturated heterocycles. The number of ether oxygens (including phenoxy) is 1. The minimum absolute atomic E-state index is 0.0719. The highest BCUT2D eigenvalue weighted by atomic mass is 35.5. The van der Waals surface area contributed by atoms with Crippen LogP contribution in [0.3, 0.4) is 0 Å². The molecule has 3 rings (SSSR count). The summed E-state index contributed by atoms with van der Waals surface area (Å²) in [6, 6.07) is 10.5. The summed E-state index contributed by atoms with van der Waals surface area (Å²) in [7, 11) is 0. The maximum Gasteiger partial charge on any atom is 0.316 e. The van der Waals surface area contributed by atoms with E-state index in [0.717, 1.165) is 4.90 Å². The number of hydrogen-bond donors (Lipinski definition) is 0. The molecule has 2 amide bonds. The van der Waals surface area contributed by atoms with Crippen molar-refractivity contribution in [1.29, 1.82) is 0 Å². The molecule has 9 heteroatoms. The highest BCUT2D eigenvalue weighted by Gasteiger charge is 2.26. The molecule has 148 valence electrons. The fraction of sp³-hybridized carbons (Fsp3) is 0.316. The van der Waals surface area contributed by atoms with Gasteiger partial charge in [-0.05, 0) is 24.3 Å². The van der Waals surface area contributed by atoms with Crippen LogP contribution in [0.25, 0.3) is 0 Å². The third-order valence-electron chi connectivity index (χ3n) is 4.19. The van der Waals surface area contributed by atoms with Gasteiger partial charge in [-0.15, -0.1) is 11.8 Å². The second-order valence-corrected chi connectivity index (χ2v) is 7.45. The van der Waals surface area contributed by atoms with Crippen molar-refractivity contribution in [3.8, 4) is 0 Å². The predicted octanol–water partition coefficient (Wildman–Crippen LogP) is 2.55. The van der Waals surface area contributed by atoms with Crippen molar-refractivity contribution in [2.24, 2.45) is 0 Å². The molecular weight excluding hydrogens is 404 g/mol. The SMILES string of the molecule is O=C(CSc1ccccc1Cl)OCC(=O)N1CCN(C(=O)c2ccco2)CC1. The van der Waals surface area contributed by atoms with Gasteiger partial charge in [0.2, 0.25) is 0 Å². The smallest absolute Gasteiger partial charge is 0.316 e. The first-order valence-electron chi connectivity index (χ1n) is 8.68. The third-order valence-corrected chi connectivity index (χ3v) is 5.68. The summed E-state index contributed by atoms with van der Waals surface area (Å²) < 4.78 is 10.2. The minimum Gasteiger partial charge on any atom is -0.459 e. The first-order valence-corrected chi connectivity index (χ1v) is 10.0. The van der Waals surface area contributed by atoms with Crippen molar-refractivity contribution in [3.05, 3.63) is 53.4 Å². The van der Waals surface area contributed by atoms with Gasteiger partial charge in [0.05, 0.1) is 17.0 Å². The van der Waals surface area contributed by atoms with E-state index in [1.165, 1.54) is 18.0 Å². The van der Waals surface area contributed by atoms with Crippen LogP contribution in [0.5, 0.6) is 0 Å². The average molecular weight is 423 g/mol. The van der Waals surface area contributed by atoms with E-state index in [2.05, 4.69) is 0 Å². The minimum atomic E-state index is -0.482. The van der Waals surface area contributed by atoms with Crippen LogP contribution in [0, 0.1) is 0 Å². The number of carbonyl (C=O) groups is 3. The molecule has 28 heavy (non-hydrogen) atoms. The fourth-order valence-electron chi connectivity index (χ4n) is 2.69. The molecule has 2 aromatic rings. The summed E-state index contributed by atoms with van der Waals surface area (Å²) in [6.07, 6.45) is 1.45. The third kappa shape index (κ3) is 5.30. The zero-order valence-electron chi connectivity index (χ0n) is 15.0. The van der Waals surface area contributed by atoms with Gasteiger partial charge in [-0.3, -0.25) is 14.4 Å². The maximum absolute atomic E-state index is 12.2. The number of amides is 2. The molecule has 7 nitrogen and oxygen atoms in total. The zero-order chi connectivity index (χ0) is 19.9. The van der Waals surface area contributed by atoms with Gasteiger partial charge in [0.15, 0.2) is 12.4 Å². The van der Waals surface area contributed by atoms with E-state index in [1.807, 2.05) is 18.2 Å². The van der Waals surface area contributed by atoms with Crippen LogP contribution in [0.15, 0.2) is 52.0 Å². The number of rotatable bonds is 6. The lowest BCUT2D eigenvalue weighted by molar-refractivity contribution is -0.150. The second kappa shape index (κ2) is 9.66. The first-order chi connectivity index (χ1) is 13.5. The molecule has 0 N–H and O–H groups in total. The molecule has 1 aromatic carbocycles. The monoisotopic (exact) mass is 422 g/mol. The number of piperazine rings is 1. The standard InChI is InChI=1S/C19H19ClN2O5S/c20-14-4-1-2-6-16(14)28-13-18(24)27-12-17(23)21-7-9-22(10-8-21)19(25)15-5-3-11-26-15/h1-6,11H,7-10,12-13H2. The highest BCUT2D eigenvalue weighted by molar-refractivity contribution is 8.00. The van der Waals surface area contributed by atoms with E-state index in [9.17, 15) is 14.4 Å². The number of halogens is 1. The Morgan fingerprint density at radius 2 is 1.75 bits per heavy atom. The summed E-state index contributed by atoms with van der Waals surface area (Å²) in [6.45, 7) is 1.27. The predicted molar refractivity (Wildman–Crippen MR) is 104 cm³/mol. The Balaban J connectivity index is 1.38. The van der Waals surface area contributed by atoms with E-state index in [4.69, 9.17) is 20.8 Å². The van der Waals surface area contributed by atoms with Crippen molar-refractivity contribution >= 4 is 41.1 Å². The van der Waals surface area contributed by atoms with Gasteiger partial charge in [-0.25, -0.2) is 0 Å². The van der Waals surface area contributed by atoms with E-state index in [-0.39, 0.29) is 29.9 Å². The number of nitrogens with zero attached hydrogens (tertiary/aromatic N) is 2. The molecule has 0 bridgehead atoms. The molecule has 0 spiro atoms. The average Bonchev–Trinajstić information content (AvgIpc) is 3.26. The Hall–Kier alpha value is -2.45. The Kier molecular flexibility index (Phi) is 7.00. The fourth-order valence-corrected chi connectivity index (χ4v) is 3.73. The van der Waals surface area contributed by atoms with Gasteiger partial charge < -0.3 is 19.0 Å². The molecule has 1 aliphatic heterocycles. The Morgan fingerprint density at radius 1 is 1.04 bits per heavy atom. The summed E-state index contributed by atoms with van der Waals surface area (Å²) in [4.78, 5) is 40.3. The molecule has 0 atom stereocenters. The normalized spacial score (nSPS) is 14.0. The molecule has 1 fully saturated rings. The van der Waals surface area contributed by atoms with Crippen molar-refractivity contribution in [2.75, 3.05) is 38.5 Å². The second-order valence-electron chi connectivity index (χ2n) is 6.03. The lowest BCUT2D eigenvalue weighted by Crippen LogP contribution is -2.51. The first kappa shape index (κ1) is 20.3. The van der Waals surface area contributed by atoms with Crippen LogP contribution >= 0.6 is 23.4 Å². The molecule has 0 aliphatic carbocycles. The van der Waals surface area contributed by atoms with Gasteiger partial charge in [0, 0.05) is 31.1 Å². The number of esters is 1. The van der Waals surface area contributed by atoms with E-state index >= 15 is 0 Å². The molecule has 0 radical (unpaired) electrons. The van der Waals surface area contributed by atoms with E-state index in [0.29, 0.717) is 31.2 Å². The quantitative estimate of drug-likeness (QED) is 0.525. The number of thioether (sulfide) groups is 1. The number of carbonyl (C=O) groups excluding carboxylic acids is 3. The Bertz CT molecular complexity index is 835. The number of benzene rings is 1. The Labute approximate surface area is 171 Å². The van der Waals surface area contributed by atoms with Crippen LogP contribution in [-0.4, -0.2) is 66.1 Å². The van der Waals surface area contributed by atoms with Crippen LogP contribution in [0.2, 0.25) is 5.02 Å². The van der Waals surface area contributed by atoms with Crippen molar-refractivity contribution in [3.63, 3.8) is 0 Å². The lowest BCUT2D eigenvalue weighted by atomic mass is 10.3. The molecule has 1 aromatic heterocycles. The van der Waals surface area contributed by atoms with E-state index in [1.54, 1.807) is 28.0 Å². The highest BCUT2D eigenvalue weighted by Crippen LogP contribution is 2.26. The van der Waals surface area contributed by atoms with Crippen molar-refractivity contribution in [2.45, 2.75) is 4.90 Å². The van der Waals surface area contributed by atoms with E-state index < -0.39 is 5.97 Å².